The molecule has 1 aliphatic heterocycles. The van der Waals surface area contributed by atoms with E-state index in [0.29, 0.717) is 5.75 Å². The van der Waals surface area contributed by atoms with Crippen molar-refractivity contribution in [3.8, 4) is 5.75 Å². The molecule has 1 fully saturated rings. The second-order valence-corrected chi connectivity index (χ2v) is 5.20. The van der Waals surface area contributed by atoms with Crippen LogP contribution < -0.4 is 4.74 Å². The molecule has 0 unspecified atom stereocenters. The molecule has 0 aromatic heterocycles. The molecule has 0 radical (unpaired) electrons. The van der Waals surface area contributed by atoms with Crippen LogP contribution in [0.5, 0.6) is 5.75 Å². The smallest absolute Gasteiger partial charge is 0.326 e. The summed E-state index contributed by atoms with van der Waals surface area (Å²) in [6, 6.07) is 6.54. The number of β-amino-alcohol motifs (C(OH)–C–C–N with tert-alkyl or cyclic N) is 1. The number of carbonyl (C=O) groups excluding carboxylic acids is 1. The van der Waals surface area contributed by atoms with Gasteiger partial charge in [0.25, 0.3) is 0 Å². The van der Waals surface area contributed by atoms with E-state index in [2.05, 4.69) is 0 Å². The van der Waals surface area contributed by atoms with Gasteiger partial charge in [0.2, 0.25) is 5.91 Å². The summed E-state index contributed by atoms with van der Waals surface area (Å²) in [6.07, 6.45) is -0.600. The van der Waals surface area contributed by atoms with Crippen molar-refractivity contribution in [2.24, 2.45) is 0 Å². The van der Waals surface area contributed by atoms with Crippen LogP contribution in [0.3, 0.4) is 0 Å². The van der Waals surface area contributed by atoms with Crippen molar-refractivity contribution in [3.63, 3.8) is 0 Å². The number of hydrogen-bond donors (Lipinski definition) is 2. The number of nitrogens with zero attached hydrogens (tertiary/aromatic N) is 1. The minimum atomic E-state index is -1.08. The molecule has 0 spiro atoms. The third kappa shape index (κ3) is 3.95. The van der Waals surface area contributed by atoms with Gasteiger partial charge in [-0.3, -0.25) is 4.79 Å². The quantitative estimate of drug-likeness (QED) is 0.839. The van der Waals surface area contributed by atoms with Gasteiger partial charge in [0.05, 0.1) is 19.1 Å². The maximum absolute atomic E-state index is 12.0. The van der Waals surface area contributed by atoms with Gasteiger partial charge in [-0.15, -0.1) is 0 Å². The van der Waals surface area contributed by atoms with Gasteiger partial charge < -0.3 is 19.8 Å². The van der Waals surface area contributed by atoms with Crippen molar-refractivity contribution in [1.82, 2.24) is 4.90 Å². The first kappa shape index (κ1) is 15.3. The molecule has 21 heavy (non-hydrogen) atoms. The lowest BCUT2D eigenvalue weighted by atomic mass is 10.2. The minimum absolute atomic E-state index is 0.0697. The zero-order valence-electron chi connectivity index (χ0n) is 11.9. The number of aliphatic carboxylic acids is 1. The average molecular weight is 293 g/mol. The van der Waals surface area contributed by atoms with E-state index in [1.165, 1.54) is 4.90 Å². The minimum Gasteiger partial charge on any atom is -0.493 e. The summed E-state index contributed by atoms with van der Waals surface area (Å²) in [4.78, 5) is 24.3. The molecule has 114 valence electrons. The van der Waals surface area contributed by atoms with Crippen molar-refractivity contribution in [3.05, 3.63) is 29.8 Å². The van der Waals surface area contributed by atoms with Crippen molar-refractivity contribution < 1.29 is 24.5 Å². The average Bonchev–Trinajstić information content (AvgIpc) is 2.81. The lowest BCUT2D eigenvalue weighted by molar-refractivity contribution is -0.148. The van der Waals surface area contributed by atoms with Crippen molar-refractivity contribution in [2.75, 3.05) is 13.2 Å². The molecule has 0 saturated carbocycles. The van der Waals surface area contributed by atoms with Crippen molar-refractivity contribution in [2.45, 2.75) is 31.9 Å². The number of amides is 1. The molecule has 0 aliphatic carbocycles. The Kier molecular flexibility index (Phi) is 4.80. The van der Waals surface area contributed by atoms with Gasteiger partial charge in [-0.1, -0.05) is 12.1 Å². The number of aliphatic hydroxyl groups excluding tert-OH is 1. The molecule has 1 heterocycles. The first-order valence-electron chi connectivity index (χ1n) is 6.87. The van der Waals surface area contributed by atoms with E-state index in [-0.39, 0.29) is 31.9 Å². The van der Waals surface area contributed by atoms with Gasteiger partial charge in [-0.2, -0.15) is 0 Å². The molecule has 6 nitrogen and oxygen atoms in total. The standard InChI is InChI=1S/C15H19NO5/c1-10-3-2-4-12(7-10)21-6-5-14(18)16-9-11(17)8-13(16)15(19)20/h2-4,7,11,13,17H,5-6,8-9H2,1H3,(H,19,20)/t11-,13+/m1/s1. The van der Waals surface area contributed by atoms with Crippen LogP contribution >= 0.6 is 0 Å². The summed E-state index contributed by atoms with van der Waals surface area (Å²) in [6.45, 7) is 2.20. The summed E-state index contributed by atoms with van der Waals surface area (Å²) >= 11 is 0. The Balaban J connectivity index is 1.85. The van der Waals surface area contributed by atoms with Crippen LogP contribution in [0.2, 0.25) is 0 Å². The van der Waals surface area contributed by atoms with Crippen LogP contribution in [-0.4, -0.2) is 52.3 Å². The van der Waals surface area contributed by atoms with Crippen molar-refractivity contribution in [1.29, 1.82) is 0 Å². The van der Waals surface area contributed by atoms with Gasteiger partial charge >= 0.3 is 5.97 Å². The molecule has 2 atom stereocenters. The summed E-state index contributed by atoms with van der Waals surface area (Å²) < 4.78 is 5.48. The van der Waals surface area contributed by atoms with E-state index in [4.69, 9.17) is 9.84 Å². The van der Waals surface area contributed by atoms with Gasteiger partial charge in [0, 0.05) is 13.0 Å². The van der Waals surface area contributed by atoms with Crippen LogP contribution in [-0.2, 0) is 9.59 Å². The number of benzene rings is 1. The second-order valence-electron chi connectivity index (χ2n) is 5.20. The topological polar surface area (TPSA) is 87.1 Å². The lowest BCUT2D eigenvalue weighted by Gasteiger charge is -2.21. The van der Waals surface area contributed by atoms with E-state index < -0.39 is 18.1 Å². The Morgan fingerprint density at radius 2 is 2.19 bits per heavy atom. The van der Waals surface area contributed by atoms with E-state index in [0.717, 1.165) is 5.56 Å². The fraction of sp³-hybridized carbons (Fsp3) is 0.467. The zero-order valence-corrected chi connectivity index (χ0v) is 11.9. The van der Waals surface area contributed by atoms with Crippen LogP contribution in [0.4, 0.5) is 0 Å². The fourth-order valence-electron chi connectivity index (χ4n) is 2.43. The normalized spacial score (nSPS) is 21.3. The van der Waals surface area contributed by atoms with Crippen molar-refractivity contribution >= 4 is 11.9 Å². The SMILES string of the molecule is Cc1cccc(OCCC(=O)N2C[C@H](O)C[C@H]2C(=O)O)c1. The van der Waals surface area contributed by atoms with Crippen LogP contribution in [0.1, 0.15) is 18.4 Å². The first-order chi connectivity index (χ1) is 9.97. The number of carboxylic acids is 1. The highest BCUT2D eigenvalue weighted by Gasteiger charge is 2.38. The molecule has 1 saturated heterocycles. The fourth-order valence-corrected chi connectivity index (χ4v) is 2.43. The van der Waals surface area contributed by atoms with E-state index in [1.54, 1.807) is 6.07 Å². The number of carboxylic acid groups (broad SMARTS) is 1. The number of aliphatic hydroxyl groups is 1. The molecule has 1 amide bonds. The first-order valence-corrected chi connectivity index (χ1v) is 6.87. The second kappa shape index (κ2) is 6.58. The predicted molar refractivity (Wildman–Crippen MR) is 75.1 cm³/mol. The van der Waals surface area contributed by atoms with Crippen LogP contribution in [0.15, 0.2) is 24.3 Å². The Bertz CT molecular complexity index is 531. The highest BCUT2D eigenvalue weighted by molar-refractivity contribution is 5.84. The van der Waals surface area contributed by atoms with Gasteiger partial charge in [-0.25, -0.2) is 4.79 Å². The number of likely N-dealkylation sites (tertiary alicyclic amines) is 1. The highest BCUT2D eigenvalue weighted by Crippen LogP contribution is 2.19. The largest absolute Gasteiger partial charge is 0.493 e. The van der Waals surface area contributed by atoms with Gasteiger partial charge in [-0.05, 0) is 24.6 Å². The monoisotopic (exact) mass is 293 g/mol. The van der Waals surface area contributed by atoms with E-state index >= 15 is 0 Å². The molecule has 1 aliphatic rings. The molecular formula is C15H19NO5. The maximum atomic E-state index is 12.0. The van der Waals surface area contributed by atoms with E-state index in [1.807, 2.05) is 25.1 Å². The number of ether oxygens (including phenoxy) is 1. The molecule has 2 N–H and O–H groups in total. The summed E-state index contributed by atoms with van der Waals surface area (Å²) in [7, 11) is 0. The summed E-state index contributed by atoms with van der Waals surface area (Å²) in [5.74, 6) is -0.717. The molecule has 2 rings (SSSR count). The Morgan fingerprint density at radius 1 is 1.43 bits per heavy atom. The van der Waals surface area contributed by atoms with Gasteiger partial charge in [0.15, 0.2) is 0 Å². The molecule has 0 bridgehead atoms. The predicted octanol–water partition coefficient (Wildman–Crippen LogP) is 0.810. The number of carbonyl (C=O) groups is 2. The number of hydrogen-bond acceptors (Lipinski definition) is 4. The van der Waals surface area contributed by atoms with Crippen LogP contribution in [0.25, 0.3) is 0 Å². The lowest BCUT2D eigenvalue weighted by Crippen LogP contribution is -2.41. The number of aryl methyl sites for hydroxylation is 1. The molecule has 6 heteroatoms. The Labute approximate surface area is 122 Å². The summed E-state index contributed by atoms with van der Waals surface area (Å²) in [5.41, 5.74) is 1.06. The number of rotatable bonds is 5. The summed E-state index contributed by atoms with van der Waals surface area (Å²) in [5, 5.41) is 18.6. The van der Waals surface area contributed by atoms with Crippen LogP contribution in [0, 0.1) is 6.92 Å². The molecule has 1 aromatic rings. The van der Waals surface area contributed by atoms with Gasteiger partial charge in [0.1, 0.15) is 11.8 Å². The van der Waals surface area contributed by atoms with E-state index in [9.17, 15) is 14.7 Å². The molecule has 1 aromatic carbocycles. The highest BCUT2D eigenvalue weighted by atomic mass is 16.5. The Morgan fingerprint density at radius 3 is 2.86 bits per heavy atom. The molecular weight excluding hydrogens is 274 g/mol. The Hall–Kier alpha value is -2.08. The zero-order chi connectivity index (χ0) is 15.4. The third-order valence-corrected chi connectivity index (χ3v) is 3.46. The maximum Gasteiger partial charge on any atom is 0.326 e. The third-order valence-electron chi connectivity index (χ3n) is 3.46.